The molecule has 0 aliphatic rings. The molecule has 1 aromatic heterocycles. The van der Waals surface area contributed by atoms with Crippen LogP contribution in [-0.2, 0) is 0 Å². The first kappa shape index (κ1) is 6.03. The van der Waals surface area contributed by atoms with Gasteiger partial charge in [-0.3, -0.25) is 4.79 Å². The summed E-state index contributed by atoms with van der Waals surface area (Å²) in [5.74, 6) is -0.801. The van der Waals surface area contributed by atoms with Crippen molar-refractivity contribution in [2.45, 2.75) is 0 Å². The lowest BCUT2D eigenvalue weighted by atomic mass is 10.7. The second kappa shape index (κ2) is 2.45. The van der Waals surface area contributed by atoms with Crippen LogP contribution in [0, 0.1) is 4.91 Å². The Kier molecular flexibility index (Phi) is 1.64. The van der Waals surface area contributed by atoms with Gasteiger partial charge >= 0.3 is 5.91 Å². The number of carbonyl (C=O) groups is 1. The van der Waals surface area contributed by atoms with E-state index in [4.69, 9.17) is 0 Å². The van der Waals surface area contributed by atoms with Gasteiger partial charge in [-0.15, -0.1) is 16.2 Å². The number of thiazole rings is 1. The number of rotatable bonds is 1. The van der Waals surface area contributed by atoms with Gasteiger partial charge in [0.1, 0.15) is 0 Å². The quantitative estimate of drug-likeness (QED) is 0.550. The Balaban J connectivity index is 2.89. The van der Waals surface area contributed by atoms with Crippen LogP contribution in [0.4, 0.5) is 0 Å². The molecule has 1 amide bonds. The zero-order chi connectivity index (χ0) is 6.69. The van der Waals surface area contributed by atoms with Gasteiger partial charge in [0.2, 0.25) is 0 Å². The van der Waals surface area contributed by atoms with Crippen molar-refractivity contribution in [1.82, 2.24) is 4.98 Å². The van der Waals surface area contributed by atoms with Crippen LogP contribution in [0.3, 0.4) is 0 Å². The average molecular weight is 142 g/mol. The number of aromatic nitrogens is 1. The molecule has 0 saturated heterocycles. The highest BCUT2D eigenvalue weighted by molar-refractivity contribution is 7.11. The van der Waals surface area contributed by atoms with Gasteiger partial charge in [0.15, 0.2) is 5.01 Å². The van der Waals surface area contributed by atoms with E-state index >= 15 is 0 Å². The summed E-state index contributed by atoms with van der Waals surface area (Å²) < 4.78 is 0. The molecule has 0 aromatic carbocycles. The largest absolute Gasteiger partial charge is 0.345 e. The molecular formula is C4H2N2O2S. The molecule has 4 nitrogen and oxygen atoms in total. The Morgan fingerprint density at radius 2 is 2.56 bits per heavy atom. The number of hydrogen-bond donors (Lipinski definition) is 0. The first-order chi connectivity index (χ1) is 4.34. The Labute approximate surface area is 54.5 Å². The zero-order valence-electron chi connectivity index (χ0n) is 4.27. The van der Waals surface area contributed by atoms with Crippen LogP contribution in [0.1, 0.15) is 9.80 Å². The van der Waals surface area contributed by atoms with E-state index in [-0.39, 0.29) is 5.01 Å². The second-order valence-electron chi connectivity index (χ2n) is 1.23. The van der Waals surface area contributed by atoms with Crippen molar-refractivity contribution >= 4 is 17.2 Å². The molecule has 0 saturated carbocycles. The average Bonchev–Trinajstić information content (AvgIpc) is 2.37. The molecule has 0 aliphatic carbocycles. The van der Waals surface area contributed by atoms with Gasteiger partial charge in [-0.1, -0.05) is 0 Å². The van der Waals surface area contributed by atoms with Crippen molar-refractivity contribution in [2.75, 3.05) is 0 Å². The SMILES string of the molecule is O=NC(=O)c1nccs1. The predicted octanol–water partition coefficient (Wildman–Crippen LogP) is 1.05. The van der Waals surface area contributed by atoms with Gasteiger partial charge in [0.05, 0.1) is 0 Å². The van der Waals surface area contributed by atoms with E-state index in [1.165, 1.54) is 6.20 Å². The van der Waals surface area contributed by atoms with E-state index in [9.17, 15) is 9.70 Å². The maximum atomic E-state index is 10.3. The number of carbonyl (C=O) groups excluding carboxylic acids is 1. The summed E-state index contributed by atoms with van der Waals surface area (Å²) in [6.45, 7) is 0. The zero-order valence-corrected chi connectivity index (χ0v) is 5.09. The van der Waals surface area contributed by atoms with Gasteiger partial charge in [0.25, 0.3) is 0 Å². The molecule has 0 fully saturated rings. The Hall–Kier alpha value is -1.10. The summed E-state index contributed by atoms with van der Waals surface area (Å²) >= 11 is 1.10. The maximum absolute atomic E-state index is 10.3. The third-order valence-corrected chi connectivity index (χ3v) is 1.46. The maximum Gasteiger partial charge on any atom is 0.345 e. The normalized spacial score (nSPS) is 8.89. The van der Waals surface area contributed by atoms with Crippen LogP contribution in [0.5, 0.6) is 0 Å². The molecule has 0 radical (unpaired) electrons. The first-order valence-electron chi connectivity index (χ1n) is 2.12. The Morgan fingerprint density at radius 1 is 1.78 bits per heavy atom. The highest BCUT2D eigenvalue weighted by atomic mass is 32.1. The van der Waals surface area contributed by atoms with E-state index < -0.39 is 5.91 Å². The monoisotopic (exact) mass is 142 g/mol. The lowest BCUT2D eigenvalue weighted by Gasteiger charge is -1.75. The lowest BCUT2D eigenvalue weighted by Crippen LogP contribution is -1.89. The van der Waals surface area contributed by atoms with E-state index in [1.807, 2.05) is 0 Å². The molecule has 0 bridgehead atoms. The molecule has 0 atom stereocenters. The minimum Gasteiger partial charge on any atom is -0.260 e. The van der Waals surface area contributed by atoms with Crippen molar-refractivity contribution < 1.29 is 4.79 Å². The molecule has 0 N–H and O–H groups in total. The molecule has 9 heavy (non-hydrogen) atoms. The highest BCUT2D eigenvalue weighted by Crippen LogP contribution is 2.04. The van der Waals surface area contributed by atoms with E-state index in [0.29, 0.717) is 0 Å². The number of hydrogen-bond acceptors (Lipinski definition) is 4. The summed E-state index contributed by atoms with van der Waals surface area (Å²) in [5.41, 5.74) is 0. The van der Waals surface area contributed by atoms with Gasteiger partial charge < -0.3 is 0 Å². The number of nitrogens with zero attached hydrogens (tertiary/aromatic N) is 2. The van der Waals surface area contributed by atoms with Crippen molar-refractivity contribution in [3.63, 3.8) is 0 Å². The minimum atomic E-state index is -0.801. The smallest absolute Gasteiger partial charge is 0.260 e. The molecule has 0 spiro atoms. The molecule has 0 unspecified atom stereocenters. The summed E-state index contributed by atoms with van der Waals surface area (Å²) in [4.78, 5) is 23.5. The Morgan fingerprint density at radius 3 is 3.00 bits per heavy atom. The van der Waals surface area contributed by atoms with Gasteiger partial charge in [-0.25, -0.2) is 4.98 Å². The van der Waals surface area contributed by atoms with Gasteiger partial charge in [0, 0.05) is 16.8 Å². The summed E-state index contributed by atoms with van der Waals surface area (Å²) in [5, 5.41) is 3.94. The fraction of sp³-hybridized carbons (Fsp3) is 0. The second-order valence-corrected chi connectivity index (χ2v) is 2.13. The fourth-order valence-electron chi connectivity index (χ4n) is 0.368. The summed E-state index contributed by atoms with van der Waals surface area (Å²) in [7, 11) is 0. The first-order valence-corrected chi connectivity index (χ1v) is 2.99. The topological polar surface area (TPSA) is 59.4 Å². The number of amides is 1. The molecule has 1 aromatic rings. The van der Waals surface area contributed by atoms with Gasteiger partial charge in [-0.05, 0) is 0 Å². The van der Waals surface area contributed by atoms with Crippen LogP contribution >= 0.6 is 11.3 Å². The van der Waals surface area contributed by atoms with Crippen LogP contribution in [0.25, 0.3) is 0 Å². The molecule has 1 rings (SSSR count). The minimum absolute atomic E-state index is 0.144. The van der Waals surface area contributed by atoms with Gasteiger partial charge in [-0.2, -0.15) is 0 Å². The van der Waals surface area contributed by atoms with E-state index in [1.54, 1.807) is 5.38 Å². The molecular weight excluding hydrogens is 140 g/mol. The lowest BCUT2D eigenvalue weighted by molar-refractivity contribution is 0.100. The van der Waals surface area contributed by atoms with Crippen LogP contribution in [-0.4, -0.2) is 10.9 Å². The molecule has 1 heterocycles. The van der Waals surface area contributed by atoms with Crippen LogP contribution < -0.4 is 0 Å². The van der Waals surface area contributed by atoms with E-state index in [2.05, 4.69) is 10.2 Å². The standard InChI is InChI=1S/C4H2N2O2S/c7-3(6-8)4-5-1-2-9-4/h1-2H. The van der Waals surface area contributed by atoms with Crippen molar-refractivity contribution in [3.8, 4) is 0 Å². The summed E-state index contributed by atoms with van der Waals surface area (Å²) in [6.07, 6.45) is 1.45. The van der Waals surface area contributed by atoms with Crippen LogP contribution in [0.2, 0.25) is 0 Å². The molecule has 46 valence electrons. The summed E-state index contributed by atoms with van der Waals surface area (Å²) in [6, 6.07) is 0. The van der Waals surface area contributed by atoms with Crippen molar-refractivity contribution in [1.29, 1.82) is 0 Å². The number of nitroso groups, excluding NO2 is 1. The third-order valence-electron chi connectivity index (χ3n) is 0.698. The fourth-order valence-corrected chi connectivity index (χ4v) is 0.879. The third kappa shape index (κ3) is 1.17. The van der Waals surface area contributed by atoms with Crippen molar-refractivity contribution in [3.05, 3.63) is 21.5 Å². The van der Waals surface area contributed by atoms with E-state index in [0.717, 1.165) is 11.3 Å². The Bertz CT molecular complexity index is 218. The molecule has 5 heteroatoms. The molecule has 0 aliphatic heterocycles. The predicted molar refractivity (Wildman–Crippen MR) is 32.2 cm³/mol. The van der Waals surface area contributed by atoms with Crippen LogP contribution in [0.15, 0.2) is 16.8 Å². The highest BCUT2D eigenvalue weighted by Gasteiger charge is 2.05. The van der Waals surface area contributed by atoms with Crippen molar-refractivity contribution in [2.24, 2.45) is 5.18 Å².